The number of carbonyl (C=O) groups excluding carboxylic acids is 2. The molecule has 1 saturated carbocycles. The quantitative estimate of drug-likeness (QED) is 0.779. The molecule has 104 valence electrons. The second-order valence-electron chi connectivity index (χ2n) is 4.73. The summed E-state index contributed by atoms with van der Waals surface area (Å²) in [5.74, 6) is -0.375. The summed E-state index contributed by atoms with van der Waals surface area (Å²) in [7, 11) is 3.04. The van der Waals surface area contributed by atoms with Crippen LogP contribution >= 0.6 is 15.9 Å². The van der Waals surface area contributed by atoms with Crippen LogP contribution in [0.5, 0.6) is 0 Å². The van der Waals surface area contributed by atoms with Gasteiger partial charge in [0.2, 0.25) is 0 Å². The van der Waals surface area contributed by atoms with Crippen LogP contribution in [-0.4, -0.2) is 42.0 Å². The maximum atomic E-state index is 12.3. The number of carbonyl (C=O) groups is 2. The number of aromatic nitrogens is 1. The molecule has 0 unspecified atom stereocenters. The molecule has 6 heteroatoms. The molecule has 0 aromatic carbocycles. The zero-order valence-electron chi connectivity index (χ0n) is 11.1. The molecular weight excluding hydrogens is 312 g/mol. The van der Waals surface area contributed by atoms with Crippen molar-refractivity contribution in [1.29, 1.82) is 0 Å². The molecule has 1 amide bonds. The highest BCUT2D eigenvalue weighted by molar-refractivity contribution is 9.10. The highest BCUT2D eigenvalue weighted by atomic mass is 79.9. The van der Waals surface area contributed by atoms with E-state index in [1.54, 1.807) is 11.9 Å². The first-order valence-electron chi connectivity index (χ1n) is 6.22. The molecule has 0 bridgehead atoms. The minimum atomic E-state index is -0.307. The Balaban J connectivity index is 2.04. The Morgan fingerprint density at radius 3 is 2.79 bits per heavy atom. The lowest BCUT2D eigenvalue weighted by atomic mass is 10.3. The van der Waals surface area contributed by atoms with E-state index in [-0.39, 0.29) is 18.3 Å². The van der Waals surface area contributed by atoms with E-state index < -0.39 is 0 Å². The van der Waals surface area contributed by atoms with Crippen molar-refractivity contribution in [1.82, 2.24) is 9.47 Å². The number of hydrogen-bond donors (Lipinski definition) is 0. The zero-order chi connectivity index (χ0) is 14.0. The topological polar surface area (TPSA) is 51.5 Å². The molecule has 1 aromatic rings. The van der Waals surface area contributed by atoms with Gasteiger partial charge in [-0.1, -0.05) is 0 Å². The van der Waals surface area contributed by atoms with Crippen LogP contribution in [0.1, 0.15) is 35.8 Å². The highest BCUT2D eigenvalue weighted by Gasteiger charge is 2.28. The summed E-state index contributed by atoms with van der Waals surface area (Å²) in [5.41, 5.74) is 0.668. The predicted molar refractivity (Wildman–Crippen MR) is 74.0 cm³/mol. The summed E-state index contributed by atoms with van der Waals surface area (Å²) in [4.78, 5) is 25.0. The van der Waals surface area contributed by atoms with Gasteiger partial charge in [0.25, 0.3) is 5.91 Å². The fourth-order valence-corrected chi connectivity index (χ4v) is 2.37. The monoisotopic (exact) mass is 328 g/mol. The van der Waals surface area contributed by atoms with E-state index in [9.17, 15) is 9.59 Å². The molecule has 5 nitrogen and oxygen atoms in total. The van der Waals surface area contributed by atoms with Crippen LogP contribution in [0.2, 0.25) is 0 Å². The summed E-state index contributed by atoms with van der Waals surface area (Å²) < 4.78 is 7.49. The molecule has 0 saturated heterocycles. The van der Waals surface area contributed by atoms with Gasteiger partial charge in [-0.25, -0.2) is 0 Å². The van der Waals surface area contributed by atoms with Gasteiger partial charge in [0.1, 0.15) is 5.69 Å². The maximum absolute atomic E-state index is 12.3. The Bertz CT molecular complexity index is 494. The van der Waals surface area contributed by atoms with Crippen LogP contribution in [0.15, 0.2) is 16.7 Å². The summed E-state index contributed by atoms with van der Waals surface area (Å²) in [6.45, 7) is 0.360. The summed E-state index contributed by atoms with van der Waals surface area (Å²) >= 11 is 3.40. The molecule has 1 aromatic heterocycles. The number of halogens is 1. The van der Waals surface area contributed by atoms with Gasteiger partial charge in [-0.2, -0.15) is 0 Å². The van der Waals surface area contributed by atoms with Gasteiger partial charge in [0.15, 0.2) is 0 Å². The second-order valence-corrected chi connectivity index (χ2v) is 5.65. The summed E-state index contributed by atoms with van der Waals surface area (Å²) in [5, 5.41) is 0. The summed E-state index contributed by atoms with van der Waals surface area (Å²) in [6, 6.07) is 2.27. The Labute approximate surface area is 120 Å². The fraction of sp³-hybridized carbons (Fsp3) is 0.538. The fourth-order valence-electron chi connectivity index (χ4n) is 1.93. The van der Waals surface area contributed by atoms with Gasteiger partial charge in [-0.15, -0.1) is 0 Å². The Kier molecular flexibility index (Phi) is 4.29. The van der Waals surface area contributed by atoms with Crippen LogP contribution in [0.25, 0.3) is 0 Å². The Morgan fingerprint density at radius 2 is 2.21 bits per heavy atom. The van der Waals surface area contributed by atoms with E-state index in [1.807, 2.05) is 16.8 Å². The first kappa shape index (κ1) is 14.1. The van der Waals surface area contributed by atoms with Gasteiger partial charge in [0.05, 0.1) is 13.5 Å². The molecule has 0 N–H and O–H groups in total. The first-order valence-corrected chi connectivity index (χ1v) is 7.02. The normalized spacial score (nSPS) is 14.3. The Morgan fingerprint density at radius 1 is 1.53 bits per heavy atom. The lowest BCUT2D eigenvalue weighted by molar-refractivity contribution is -0.140. The van der Waals surface area contributed by atoms with E-state index >= 15 is 0 Å². The van der Waals surface area contributed by atoms with E-state index in [1.165, 1.54) is 7.11 Å². The van der Waals surface area contributed by atoms with Gasteiger partial charge < -0.3 is 14.2 Å². The van der Waals surface area contributed by atoms with Crippen molar-refractivity contribution >= 4 is 27.8 Å². The highest BCUT2D eigenvalue weighted by Crippen LogP contribution is 2.37. The summed E-state index contributed by atoms with van der Waals surface area (Å²) in [6.07, 6.45) is 4.39. The molecule has 2 rings (SSSR count). The van der Waals surface area contributed by atoms with Crippen LogP contribution in [0.3, 0.4) is 0 Å². The number of methoxy groups -OCH3 is 1. The van der Waals surface area contributed by atoms with Crippen LogP contribution in [0, 0.1) is 0 Å². The van der Waals surface area contributed by atoms with Crippen LogP contribution in [0.4, 0.5) is 0 Å². The van der Waals surface area contributed by atoms with Gasteiger partial charge in [-0.05, 0) is 34.8 Å². The Hall–Kier alpha value is -1.30. The van der Waals surface area contributed by atoms with E-state index in [0.717, 1.165) is 17.3 Å². The maximum Gasteiger partial charge on any atom is 0.307 e. The van der Waals surface area contributed by atoms with Gasteiger partial charge in [0, 0.05) is 30.3 Å². The SMILES string of the molecule is COC(=O)CCN(C)C(=O)c1cc(Br)cn1C1CC1. The molecule has 0 radical (unpaired) electrons. The number of hydrogen-bond acceptors (Lipinski definition) is 3. The van der Waals surface area contributed by atoms with Crippen molar-refractivity contribution < 1.29 is 14.3 Å². The number of esters is 1. The van der Waals surface area contributed by atoms with Gasteiger partial charge in [-0.3, -0.25) is 9.59 Å². The minimum absolute atomic E-state index is 0.0681. The molecule has 0 spiro atoms. The third-order valence-electron chi connectivity index (χ3n) is 3.20. The van der Waals surface area contributed by atoms with E-state index in [4.69, 9.17) is 0 Å². The van der Waals surface area contributed by atoms with E-state index in [2.05, 4.69) is 20.7 Å². The molecule has 1 aliphatic carbocycles. The molecule has 0 aliphatic heterocycles. The molecule has 1 heterocycles. The van der Waals surface area contributed by atoms with Crippen LogP contribution < -0.4 is 0 Å². The third kappa shape index (κ3) is 3.37. The number of rotatable bonds is 5. The molecule has 0 atom stereocenters. The second kappa shape index (κ2) is 5.77. The molecular formula is C13H17BrN2O3. The lowest BCUT2D eigenvalue weighted by Crippen LogP contribution is -2.30. The van der Waals surface area contributed by atoms with E-state index in [0.29, 0.717) is 18.3 Å². The average molecular weight is 329 g/mol. The van der Waals surface area contributed by atoms with Gasteiger partial charge >= 0.3 is 5.97 Å². The lowest BCUT2D eigenvalue weighted by Gasteiger charge is -2.17. The van der Waals surface area contributed by atoms with Crippen molar-refractivity contribution in [3.8, 4) is 0 Å². The third-order valence-corrected chi connectivity index (χ3v) is 3.63. The van der Waals surface area contributed by atoms with Crippen molar-refractivity contribution in [2.75, 3.05) is 20.7 Å². The molecule has 1 aliphatic rings. The number of nitrogens with zero attached hydrogens (tertiary/aromatic N) is 2. The standard InChI is InChI=1S/C13H17BrN2O3/c1-15(6-5-12(17)19-2)13(18)11-7-9(14)8-16(11)10-3-4-10/h7-8,10H,3-6H2,1-2H3. The van der Waals surface area contributed by atoms with Crippen LogP contribution in [-0.2, 0) is 9.53 Å². The predicted octanol–water partition coefficient (Wildman–Crippen LogP) is 2.22. The largest absolute Gasteiger partial charge is 0.469 e. The molecule has 19 heavy (non-hydrogen) atoms. The molecule has 1 fully saturated rings. The minimum Gasteiger partial charge on any atom is -0.469 e. The number of ether oxygens (including phenoxy) is 1. The zero-order valence-corrected chi connectivity index (χ0v) is 12.6. The average Bonchev–Trinajstić information content (AvgIpc) is 3.17. The van der Waals surface area contributed by atoms with Crippen molar-refractivity contribution in [3.05, 3.63) is 22.4 Å². The van der Waals surface area contributed by atoms with Crippen molar-refractivity contribution in [2.45, 2.75) is 25.3 Å². The number of amides is 1. The smallest absolute Gasteiger partial charge is 0.307 e. The van der Waals surface area contributed by atoms with Crippen molar-refractivity contribution in [3.63, 3.8) is 0 Å². The van der Waals surface area contributed by atoms with Crippen molar-refractivity contribution in [2.24, 2.45) is 0 Å². The first-order chi connectivity index (χ1) is 9.02.